The first-order chi connectivity index (χ1) is 14.4. The monoisotopic (exact) mass is 398 g/mol. The van der Waals surface area contributed by atoms with Gasteiger partial charge in [0.15, 0.2) is 0 Å². The number of rotatable bonds is 5. The molecule has 148 valence electrons. The van der Waals surface area contributed by atoms with Crippen LogP contribution in [0.15, 0.2) is 67.0 Å². The van der Waals surface area contributed by atoms with Crippen molar-refractivity contribution in [2.45, 2.75) is 6.92 Å². The van der Waals surface area contributed by atoms with Crippen LogP contribution in [0.3, 0.4) is 0 Å². The van der Waals surface area contributed by atoms with Gasteiger partial charge in [-0.05, 0) is 54.4 Å². The molecule has 0 aliphatic heterocycles. The minimum Gasteiger partial charge on any atom is -0.478 e. The number of carbonyl (C=O) groups is 2. The first-order valence-electron chi connectivity index (χ1n) is 9.18. The molecule has 4 rings (SSSR count). The third kappa shape index (κ3) is 3.68. The van der Waals surface area contributed by atoms with E-state index in [1.165, 1.54) is 18.3 Å². The molecule has 30 heavy (non-hydrogen) atoms. The number of carboxylic acids is 1. The van der Waals surface area contributed by atoms with Crippen LogP contribution in [-0.4, -0.2) is 27.0 Å². The fourth-order valence-electron chi connectivity index (χ4n) is 3.29. The lowest BCUT2D eigenvalue weighted by Crippen LogP contribution is -2.14. The highest BCUT2D eigenvalue weighted by Crippen LogP contribution is 2.32. The number of nitrogens with one attached hydrogen (secondary N) is 1. The van der Waals surface area contributed by atoms with Gasteiger partial charge in [-0.25, -0.2) is 4.79 Å². The summed E-state index contributed by atoms with van der Waals surface area (Å²) in [6.07, 6.45) is 3.18. The molecule has 2 heterocycles. The summed E-state index contributed by atoms with van der Waals surface area (Å²) in [5.41, 5.74) is 10.5. The van der Waals surface area contributed by atoms with E-state index in [0.717, 1.165) is 16.8 Å². The summed E-state index contributed by atoms with van der Waals surface area (Å²) in [5.74, 6) is -1.67. The van der Waals surface area contributed by atoms with Crippen molar-refractivity contribution in [1.29, 1.82) is 0 Å². The molecule has 0 saturated carbocycles. The number of nitrogens with two attached hydrogens (primary N) is 1. The van der Waals surface area contributed by atoms with Gasteiger partial charge in [0.2, 0.25) is 0 Å². The summed E-state index contributed by atoms with van der Waals surface area (Å²) in [7, 11) is 0. The van der Waals surface area contributed by atoms with Crippen LogP contribution in [0.5, 0.6) is 0 Å². The molecule has 7 nitrogen and oxygen atoms in total. The van der Waals surface area contributed by atoms with Crippen molar-refractivity contribution in [2.24, 2.45) is 5.73 Å². The molecule has 0 atom stereocenters. The van der Waals surface area contributed by atoms with E-state index in [0.29, 0.717) is 22.3 Å². The third-order valence-electron chi connectivity index (χ3n) is 4.74. The number of aryl methyl sites for hydroxylation is 1. The van der Waals surface area contributed by atoms with E-state index in [9.17, 15) is 14.7 Å². The predicted octanol–water partition coefficient (Wildman–Crippen LogP) is 4.15. The fraction of sp³-hybridized carbons (Fsp3) is 0.0435. The molecule has 0 aliphatic rings. The number of hydrogen-bond donors (Lipinski definition) is 3. The maximum Gasteiger partial charge on any atom is 0.335 e. The van der Waals surface area contributed by atoms with Gasteiger partial charge >= 0.3 is 5.97 Å². The standard InChI is InChI=1S/C23H18N4O3/c1-13-9-15(7-8-25-13)14-5-6-18-20(11-14)26-12-19(22(24)28)21(18)27-17-4-2-3-16(10-17)23(29)30/h2-12H,1H3,(H2,24,28)(H,26,27)(H,29,30). The van der Waals surface area contributed by atoms with Gasteiger partial charge < -0.3 is 16.2 Å². The lowest BCUT2D eigenvalue weighted by atomic mass is 10.0. The maximum absolute atomic E-state index is 12.0. The van der Waals surface area contributed by atoms with Gasteiger partial charge in [0.05, 0.1) is 22.3 Å². The van der Waals surface area contributed by atoms with Crippen LogP contribution in [0.25, 0.3) is 22.0 Å². The van der Waals surface area contributed by atoms with Gasteiger partial charge in [0, 0.05) is 29.2 Å². The van der Waals surface area contributed by atoms with Crippen LogP contribution in [-0.2, 0) is 0 Å². The van der Waals surface area contributed by atoms with Gasteiger partial charge in [-0.2, -0.15) is 0 Å². The zero-order chi connectivity index (χ0) is 21.3. The van der Waals surface area contributed by atoms with Crippen molar-refractivity contribution in [3.63, 3.8) is 0 Å². The molecule has 0 radical (unpaired) electrons. The molecule has 0 unspecified atom stereocenters. The van der Waals surface area contributed by atoms with Crippen LogP contribution in [0, 0.1) is 6.92 Å². The Morgan fingerprint density at radius 3 is 2.53 bits per heavy atom. The van der Waals surface area contributed by atoms with Crippen LogP contribution in [0.4, 0.5) is 11.4 Å². The normalized spacial score (nSPS) is 10.7. The summed E-state index contributed by atoms with van der Waals surface area (Å²) in [6, 6.07) is 16.0. The van der Waals surface area contributed by atoms with Crippen molar-refractivity contribution in [1.82, 2.24) is 9.97 Å². The van der Waals surface area contributed by atoms with Crippen LogP contribution >= 0.6 is 0 Å². The lowest BCUT2D eigenvalue weighted by molar-refractivity contribution is 0.0696. The zero-order valence-corrected chi connectivity index (χ0v) is 16.1. The second kappa shape index (κ2) is 7.63. The topological polar surface area (TPSA) is 118 Å². The average molecular weight is 398 g/mol. The first kappa shape index (κ1) is 19.1. The maximum atomic E-state index is 12.0. The number of primary amides is 1. The SMILES string of the molecule is Cc1cc(-c2ccc3c(Nc4cccc(C(=O)O)c4)c(C(N)=O)cnc3c2)ccn1. The third-order valence-corrected chi connectivity index (χ3v) is 4.74. The highest BCUT2D eigenvalue weighted by atomic mass is 16.4. The minimum atomic E-state index is -1.04. The van der Waals surface area contributed by atoms with Gasteiger partial charge in [-0.3, -0.25) is 14.8 Å². The molecule has 0 spiro atoms. The Bertz CT molecular complexity index is 1300. The van der Waals surface area contributed by atoms with Crippen molar-refractivity contribution >= 4 is 34.2 Å². The predicted molar refractivity (Wildman–Crippen MR) is 115 cm³/mol. The largest absolute Gasteiger partial charge is 0.478 e. The summed E-state index contributed by atoms with van der Waals surface area (Å²) in [4.78, 5) is 31.9. The van der Waals surface area contributed by atoms with Crippen molar-refractivity contribution in [3.8, 4) is 11.1 Å². The molecule has 4 N–H and O–H groups in total. The van der Waals surface area contributed by atoms with E-state index in [1.54, 1.807) is 18.3 Å². The average Bonchev–Trinajstić information content (AvgIpc) is 2.73. The van der Waals surface area contributed by atoms with E-state index in [1.807, 2.05) is 37.3 Å². The molecule has 0 fully saturated rings. The van der Waals surface area contributed by atoms with Gasteiger partial charge in [-0.15, -0.1) is 0 Å². The highest BCUT2D eigenvalue weighted by molar-refractivity contribution is 6.08. The molecular weight excluding hydrogens is 380 g/mol. The number of amides is 1. The number of fused-ring (bicyclic) bond motifs is 1. The molecular formula is C23H18N4O3. The van der Waals surface area contributed by atoms with Crippen LogP contribution in [0.2, 0.25) is 0 Å². The van der Waals surface area contributed by atoms with Gasteiger partial charge in [0.25, 0.3) is 5.91 Å². The number of anilines is 2. The molecule has 2 aromatic carbocycles. The Balaban J connectivity index is 1.84. The number of hydrogen-bond acceptors (Lipinski definition) is 5. The number of carboxylic acid groups (broad SMARTS) is 1. The molecule has 0 aliphatic carbocycles. The van der Waals surface area contributed by atoms with E-state index in [4.69, 9.17) is 5.73 Å². The summed E-state index contributed by atoms with van der Waals surface area (Å²) < 4.78 is 0. The second-order valence-electron chi connectivity index (χ2n) is 6.84. The van der Waals surface area contributed by atoms with Crippen molar-refractivity contribution in [2.75, 3.05) is 5.32 Å². The van der Waals surface area contributed by atoms with Crippen LogP contribution in [0.1, 0.15) is 26.4 Å². The number of aromatic nitrogens is 2. The number of nitrogens with zero attached hydrogens (tertiary/aromatic N) is 2. The van der Waals surface area contributed by atoms with Crippen molar-refractivity contribution < 1.29 is 14.7 Å². The van der Waals surface area contributed by atoms with E-state index < -0.39 is 11.9 Å². The molecule has 2 aromatic heterocycles. The molecule has 0 saturated heterocycles. The first-order valence-corrected chi connectivity index (χ1v) is 9.18. The summed E-state index contributed by atoms with van der Waals surface area (Å²) in [5, 5.41) is 13.1. The van der Waals surface area contributed by atoms with Gasteiger partial charge in [0.1, 0.15) is 0 Å². The molecule has 7 heteroatoms. The van der Waals surface area contributed by atoms with E-state index in [-0.39, 0.29) is 11.1 Å². The Kier molecular flexibility index (Phi) is 4.85. The fourth-order valence-corrected chi connectivity index (χ4v) is 3.29. The van der Waals surface area contributed by atoms with E-state index in [2.05, 4.69) is 15.3 Å². The Morgan fingerprint density at radius 2 is 1.80 bits per heavy atom. The number of benzene rings is 2. The molecule has 0 bridgehead atoms. The number of carbonyl (C=O) groups excluding carboxylic acids is 1. The van der Waals surface area contributed by atoms with Crippen LogP contribution < -0.4 is 11.1 Å². The minimum absolute atomic E-state index is 0.134. The Hall–Kier alpha value is -4.26. The Labute approximate surface area is 172 Å². The highest BCUT2D eigenvalue weighted by Gasteiger charge is 2.15. The Morgan fingerprint density at radius 1 is 1.00 bits per heavy atom. The van der Waals surface area contributed by atoms with E-state index >= 15 is 0 Å². The summed E-state index contributed by atoms with van der Waals surface area (Å²) in [6.45, 7) is 1.93. The smallest absolute Gasteiger partial charge is 0.335 e. The lowest BCUT2D eigenvalue weighted by Gasteiger charge is -2.14. The van der Waals surface area contributed by atoms with Crippen molar-refractivity contribution in [3.05, 3.63) is 83.8 Å². The van der Waals surface area contributed by atoms with Gasteiger partial charge in [-0.1, -0.05) is 18.2 Å². The summed E-state index contributed by atoms with van der Waals surface area (Å²) >= 11 is 0. The molecule has 4 aromatic rings. The zero-order valence-electron chi connectivity index (χ0n) is 16.1. The second-order valence-corrected chi connectivity index (χ2v) is 6.84. The number of pyridine rings is 2. The quantitative estimate of drug-likeness (QED) is 0.465. The molecule has 1 amide bonds. The number of aromatic carboxylic acids is 1.